The van der Waals surface area contributed by atoms with Gasteiger partial charge in [0, 0.05) is 31.7 Å². The van der Waals surface area contributed by atoms with Crippen LogP contribution in [0, 0.1) is 5.41 Å². The summed E-state index contributed by atoms with van der Waals surface area (Å²) in [5.74, 6) is 0.757. The van der Waals surface area contributed by atoms with E-state index in [9.17, 15) is 13.9 Å². The maximum atomic E-state index is 12.3. The summed E-state index contributed by atoms with van der Waals surface area (Å²) < 4.78 is 34.5. The van der Waals surface area contributed by atoms with Gasteiger partial charge in [-0.15, -0.1) is 24.0 Å². The quantitative estimate of drug-likeness (QED) is 0.277. The Kier molecular flexibility index (Phi) is 10.9. The summed E-state index contributed by atoms with van der Waals surface area (Å²) in [6.45, 7) is 2.24. The molecule has 154 valence electrons. The molecule has 0 aliphatic carbocycles. The van der Waals surface area contributed by atoms with Gasteiger partial charge in [0.25, 0.3) is 0 Å². The minimum absolute atomic E-state index is 0. The zero-order chi connectivity index (χ0) is 18.8. The molecule has 1 unspecified atom stereocenters. The van der Waals surface area contributed by atoms with Crippen molar-refractivity contribution in [2.75, 3.05) is 32.9 Å². The summed E-state index contributed by atoms with van der Waals surface area (Å²) in [6.07, 6.45) is 1.57. The lowest BCUT2D eigenvalue weighted by molar-refractivity contribution is -0.0498. The molecule has 2 rings (SSSR count). The summed E-state index contributed by atoms with van der Waals surface area (Å²) in [5.41, 5.74) is 0.685. The van der Waals surface area contributed by atoms with Crippen LogP contribution >= 0.6 is 24.0 Å². The summed E-state index contributed by atoms with van der Waals surface area (Å²) in [6, 6.07) is 6.51. The number of nitrogens with zero attached hydrogens (tertiary/aromatic N) is 1. The van der Waals surface area contributed by atoms with Gasteiger partial charge in [-0.3, -0.25) is 0 Å². The topological polar surface area (TPSA) is 75.1 Å². The number of guanidine groups is 1. The van der Waals surface area contributed by atoms with E-state index in [1.54, 1.807) is 12.1 Å². The summed E-state index contributed by atoms with van der Waals surface area (Å²) in [5, 5.41) is 15.8. The molecular weight excluding hydrogens is 471 g/mol. The number of alkyl halides is 2. The molecule has 1 aliphatic heterocycles. The first-order chi connectivity index (χ1) is 12.6. The maximum absolute atomic E-state index is 12.3. The maximum Gasteiger partial charge on any atom is 0.387 e. The van der Waals surface area contributed by atoms with E-state index in [2.05, 4.69) is 20.4 Å². The Balaban J connectivity index is 0.00000364. The highest BCUT2D eigenvalue weighted by molar-refractivity contribution is 14.0. The van der Waals surface area contributed by atoms with Crippen molar-refractivity contribution in [3.8, 4) is 5.75 Å². The predicted molar refractivity (Wildman–Crippen MR) is 111 cm³/mol. The second kappa shape index (κ2) is 12.3. The molecule has 1 atom stereocenters. The van der Waals surface area contributed by atoms with Gasteiger partial charge in [-0.05, 0) is 37.5 Å². The van der Waals surface area contributed by atoms with Crippen LogP contribution in [0.25, 0.3) is 0 Å². The molecule has 0 aromatic heterocycles. The molecule has 1 heterocycles. The van der Waals surface area contributed by atoms with E-state index in [0.717, 1.165) is 12.0 Å². The number of ether oxygens (including phenoxy) is 2. The fourth-order valence-corrected chi connectivity index (χ4v) is 2.92. The lowest BCUT2D eigenvalue weighted by Crippen LogP contribution is -2.44. The Morgan fingerprint density at radius 3 is 2.85 bits per heavy atom. The largest absolute Gasteiger partial charge is 0.435 e. The van der Waals surface area contributed by atoms with E-state index >= 15 is 0 Å². The smallest absolute Gasteiger partial charge is 0.387 e. The van der Waals surface area contributed by atoms with Crippen LogP contribution in [0.1, 0.15) is 25.3 Å². The molecule has 0 radical (unpaired) electrons. The first kappa shape index (κ1) is 23.8. The third-order valence-corrected chi connectivity index (χ3v) is 4.35. The number of aliphatic hydroxyl groups excluding tert-OH is 1. The van der Waals surface area contributed by atoms with Crippen LogP contribution in [0.4, 0.5) is 8.78 Å². The summed E-state index contributed by atoms with van der Waals surface area (Å²) >= 11 is 0. The minimum Gasteiger partial charge on any atom is -0.435 e. The van der Waals surface area contributed by atoms with Gasteiger partial charge >= 0.3 is 6.61 Å². The average molecular weight is 499 g/mol. The van der Waals surface area contributed by atoms with Gasteiger partial charge in [-0.2, -0.15) is 8.78 Å². The third kappa shape index (κ3) is 8.14. The van der Waals surface area contributed by atoms with Crippen molar-refractivity contribution in [2.45, 2.75) is 32.9 Å². The number of aliphatic imine (C=N–C) groups is 1. The van der Waals surface area contributed by atoms with Crippen LogP contribution < -0.4 is 15.4 Å². The Hall–Kier alpha value is -1.20. The molecule has 1 aromatic carbocycles. The van der Waals surface area contributed by atoms with Crippen molar-refractivity contribution < 1.29 is 23.4 Å². The van der Waals surface area contributed by atoms with Crippen LogP contribution in [-0.2, 0) is 11.3 Å². The monoisotopic (exact) mass is 499 g/mol. The van der Waals surface area contributed by atoms with Crippen molar-refractivity contribution in [1.29, 1.82) is 0 Å². The number of aliphatic hydroxyl groups is 1. The van der Waals surface area contributed by atoms with E-state index in [1.807, 2.05) is 13.0 Å². The molecular formula is C18H28F2IN3O3. The molecule has 3 N–H and O–H groups in total. The van der Waals surface area contributed by atoms with Crippen LogP contribution in [0.15, 0.2) is 29.3 Å². The van der Waals surface area contributed by atoms with E-state index in [1.165, 1.54) is 6.07 Å². The van der Waals surface area contributed by atoms with Gasteiger partial charge in [0.2, 0.25) is 0 Å². The van der Waals surface area contributed by atoms with Crippen LogP contribution in [0.2, 0.25) is 0 Å². The number of nitrogens with one attached hydrogen (secondary N) is 2. The Labute approximate surface area is 175 Å². The lowest BCUT2D eigenvalue weighted by Gasteiger charge is -2.27. The molecule has 0 spiro atoms. The van der Waals surface area contributed by atoms with Crippen molar-refractivity contribution >= 4 is 29.9 Å². The van der Waals surface area contributed by atoms with Gasteiger partial charge in [0.15, 0.2) is 5.96 Å². The normalized spacial score (nSPS) is 19.7. The predicted octanol–water partition coefficient (Wildman–Crippen LogP) is 2.75. The fraction of sp³-hybridized carbons (Fsp3) is 0.611. The number of benzene rings is 1. The SMILES string of the molecule is CCNC(=NCc1cccc(OC(F)F)c1)NCC1(CCO)CCOC1.I. The molecule has 27 heavy (non-hydrogen) atoms. The van der Waals surface area contributed by atoms with Gasteiger partial charge in [0.1, 0.15) is 5.75 Å². The van der Waals surface area contributed by atoms with Gasteiger partial charge in [-0.1, -0.05) is 12.1 Å². The van der Waals surface area contributed by atoms with Gasteiger partial charge in [0.05, 0.1) is 13.2 Å². The first-order valence-corrected chi connectivity index (χ1v) is 8.81. The first-order valence-electron chi connectivity index (χ1n) is 8.81. The Bertz CT molecular complexity index is 585. The van der Waals surface area contributed by atoms with Gasteiger partial charge in [-0.25, -0.2) is 4.99 Å². The van der Waals surface area contributed by atoms with E-state index in [-0.39, 0.29) is 41.7 Å². The highest BCUT2D eigenvalue weighted by atomic mass is 127. The highest BCUT2D eigenvalue weighted by Crippen LogP contribution is 2.31. The zero-order valence-corrected chi connectivity index (χ0v) is 17.7. The molecule has 0 bridgehead atoms. The number of halogens is 3. The minimum atomic E-state index is -2.84. The standard InChI is InChI=1S/C18H27F2N3O3.HI/c1-2-21-17(23-12-18(6-8-24)7-9-25-13-18)22-11-14-4-3-5-15(10-14)26-16(19)20;/h3-5,10,16,24H,2,6-9,11-13H2,1H3,(H2,21,22,23);1H. The molecule has 1 saturated heterocycles. The van der Waals surface area contributed by atoms with Gasteiger partial charge < -0.3 is 25.2 Å². The zero-order valence-electron chi connectivity index (χ0n) is 15.4. The van der Waals surface area contributed by atoms with E-state index in [0.29, 0.717) is 45.2 Å². The van der Waals surface area contributed by atoms with Crippen molar-refractivity contribution in [2.24, 2.45) is 10.4 Å². The van der Waals surface area contributed by atoms with Crippen molar-refractivity contribution in [1.82, 2.24) is 10.6 Å². The third-order valence-electron chi connectivity index (χ3n) is 4.35. The number of rotatable bonds is 9. The second-order valence-electron chi connectivity index (χ2n) is 6.35. The molecule has 1 aromatic rings. The molecule has 1 fully saturated rings. The Morgan fingerprint density at radius 1 is 1.41 bits per heavy atom. The number of hydrogen-bond donors (Lipinski definition) is 3. The molecule has 0 saturated carbocycles. The van der Waals surface area contributed by atoms with Crippen molar-refractivity contribution in [3.05, 3.63) is 29.8 Å². The van der Waals surface area contributed by atoms with Crippen molar-refractivity contribution in [3.63, 3.8) is 0 Å². The molecule has 1 aliphatic rings. The van der Waals surface area contributed by atoms with Crippen LogP contribution in [-0.4, -0.2) is 50.6 Å². The average Bonchev–Trinajstić information content (AvgIpc) is 3.06. The molecule has 9 heteroatoms. The lowest BCUT2D eigenvalue weighted by atomic mass is 9.84. The highest BCUT2D eigenvalue weighted by Gasteiger charge is 2.34. The number of hydrogen-bond acceptors (Lipinski definition) is 4. The van der Waals surface area contributed by atoms with Crippen LogP contribution in [0.5, 0.6) is 5.75 Å². The van der Waals surface area contributed by atoms with E-state index < -0.39 is 6.61 Å². The Morgan fingerprint density at radius 2 is 2.22 bits per heavy atom. The summed E-state index contributed by atoms with van der Waals surface area (Å²) in [7, 11) is 0. The van der Waals surface area contributed by atoms with Crippen LogP contribution in [0.3, 0.4) is 0 Å². The van der Waals surface area contributed by atoms with E-state index in [4.69, 9.17) is 4.74 Å². The summed E-state index contributed by atoms with van der Waals surface area (Å²) in [4.78, 5) is 4.50. The molecule has 6 nitrogen and oxygen atoms in total. The fourth-order valence-electron chi connectivity index (χ4n) is 2.92. The second-order valence-corrected chi connectivity index (χ2v) is 6.35. The molecule has 0 amide bonds.